The summed E-state index contributed by atoms with van der Waals surface area (Å²) in [4.78, 5) is 61.9. The van der Waals surface area contributed by atoms with Crippen molar-refractivity contribution < 1.29 is 74.3 Å². The van der Waals surface area contributed by atoms with Gasteiger partial charge in [-0.25, -0.2) is 0 Å². The third-order valence-electron chi connectivity index (χ3n) is 2.61. The van der Waals surface area contributed by atoms with Crippen molar-refractivity contribution in [2.45, 2.75) is 80.6 Å². The van der Waals surface area contributed by atoms with Crippen LogP contribution in [0.4, 0.5) is 0 Å². The average molecular weight is 556 g/mol. The second-order valence-electron chi connectivity index (χ2n) is 6.13. The maximum absolute atomic E-state index is 10.4. The van der Waals surface area contributed by atoms with Gasteiger partial charge in [0.25, 0.3) is 0 Å². The number of Topliss-reactive ketones (excluding diaryl/α,β-unsaturated/α-hetero) is 3. The van der Waals surface area contributed by atoms with Gasteiger partial charge in [-0.2, -0.15) is 0 Å². The number of rotatable bonds is 11. The molecule has 0 rings (SSSR count). The first kappa shape index (κ1) is 41.5. The maximum Gasteiger partial charge on any atom is 0.313 e. The summed E-state index contributed by atoms with van der Waals surface area (Å²) in [5, 5.41) is 8.07. The van der Waals surface area contributed by atoms with Gasteiger partial charge in [0.1, 0.15) is 36.6 Å². The van der Waals surface area contributed by atoms with E-state index in [9.17, 15) is 28.8 Å². The van der Waals surface area contributed by atoms with Crippen LogP contribution in [0.3, 0.4) is 0 Å². The van der Waals surface area contributed by atoms with Crippen molar-refractivity contribution in [3.8, 4) is 0 Å². The largest absolute Gasteiger partial charge is 0.466 e. The topological polar surface area (TPSA) is 150 Å². The van der Waals surface area contributed by atoms with E-state index in [2.05, 4.69) is 21.1 Å². The average Bonchev–Trinajstić information content (AvgIpc) is 2.62. The fourth-order valence-corrected chi connectivity index (χ4v) is 1.40. The fraction of sp³-hybridized carbons (Fsp3) is 0.727. The number of ketones is 3. The maximum atomic E-state index is 10.4. The normalized spacial score (nSPS) is 8.36. The van der Waals surface area contributed by atoms with E-state index in [0.717, 1.165) is 12.8 Å². The summed E-state index contributed by atoms with van der Waals surface area (Å²) in [6.45, 7) is 12.6. The van der Waals surface area contributed by atoms with E-state index in [4.69, 9.17) is 5.11 Å². The van der Waals surface area contributed by atoms with Crippen molar-refractivity contribution in [2.24, 2.45) is 0 Å². The standard InChI is InChI=1S/3C6H10O3.C4H10O.Zr/c3*1-3-9-6(8)4-5(2)7;1-2-3-4-5;/h3*3-4H2,1-2H3;5H,2-4H2,1H3;. The molecule has 192 valence electrons. The molecule has 0 unspecified atom stereocenters. The molecule has 0 heterocycles. The van der Waals surface area contributed by atoms with Crippen LogP contribution in [0.5, 0.6) is 0 Å². The predicted molar refractivity (Wildman–Crippen MR) is 118 cm³/mol. The molecule has 0 aliphatic carbocycles. The van der Waals surface area contributed by atoms with E-state index in [1.54, 1.807) is 20.8 Å². The van der Waals surface area contributed by atoms with E-state index in [1.807, 2.05) is 0 Å². The molecule has 0 spiro atoms. The zero-order valence-electron chi connectivity index (χ0n) is 21.0. The summed E-state index contributed by atoms with van der Waals surface area (Å²) in [7, 11) is 0. The van der Waals surface area contributed by atoms with Gasteiger partial charge in [0.05, 0.1) is 19.8 Å². The molecule has 1 N–H and O–H groups in total. The second-order valence-corrected chi connectivity index (χ2v) is 6.13. The van der Waals surface area contributed by atoms with Crippen molar-refractivity contribution in [1.82, 2.24) is 0 Å². The first-order valence-corrected chi connectivity index (χ1v) is 10.5. The summed E-state index contributed by atoms with van der Waals surface area (Å²) in [5.74, 6) is -1.80. The Bertz CT molecular complexity index is 474. The van der Waals surface area contributed by atoms with E-state index >= 15 is 0 Å². The number of ether oxygens (including phenoxy) is 3. The minimum Gasteiger partial charge on any atom is -0.466 e. The van der Waals surface area contributed by atoms with E-state index in [-0.39, 0.29) is 62.8 Å². The van der Waals surface area contributed by atoms with Gasteiger partial charge in [-0.15, -0.1) is 0 Å². The van der Waals surface area contributed by atoms with Crippen LogP contribution >= 0.6 is 0 Å². The van der Waals surface area contributed by atoms with E-state index < -0.39 is 17.9 Å². The van der Waals surface area contributed by atoms with Crippen LogP contribution in [0.25, 0.3) is 0 Å². The SMILES string of the molecule is CCCCO.CCOC(=O)CC(C)=O.CCOC(=O)CC(C)=O.CCOC(=O)CC(C)=O.[Zr]. The molecular formula is C22H40O10Zr. The summed E-state index contributed by atoms with van der Waals surface area (Å²) in [6, 6.07) is 0. The van der Waals surface area contributed by atoms with Crippen LogP contribution in [0.15, 0.2) is 0 Å². The Balaban J connectivity index is -0.000000107. The van der Waals surface area contributed by atoms with Crippen molar-refractivity contribution in [3.63, 3.8) is 0 Å². The summed E-state index contributed by atoms with van der Waals surface area (Å²) in [6.07, 6.45) is 1.73. The number of esters is 3. The molecule has 0 aliphatic heterocycles. The molecule has 0 aromatic rings. The van der Waals surface area contributed by atoms with Crippen molar-refractivity contribution in [2.75, 3.05) is 26.4 Å². The minimum absolute atomic E-state index is 0. The van der Waals surface area contributed by atoms with Gasteiger partial charge in [0.15, 0.2) is 0 Å². The number of hydrogen-bond donors (Lipinski definition) is 1. The minimum atomic E-state index is -0.440. The Labute approximate surface area is 216 Å². The molecule has 0 radical (unpaired) electrons. The Morgan fingerprint density at radius 3 is 0.909 bits per heavy atom. The summed E-state index contributed by atoms with van der Waals surface area (Å²) >= 11 is 0. The third-order valence-corrected chi connectivity index (χ3v) is 2.61. The monoisotopic (exact) mass is 554 g/mol. The predicted octanol–water partition coefficient (Wildman–Crippen LogP) is 2.36. The molecule has 0 fully saturated rings. The Kier molecular flexibility index (Phi) is 40.8. The molecular weight excluding hydrogens is 515 g/mol. The van der Waals surface area contributed by atoms with Crippen LogP contribution in [-0.2, 0) is 69.2 Å². The van der Waals surface area contributed by atoms with Gasteiger partial charge < -0.3 is 19.3 Å². The number of carbonyl (C=O) groups is 6. The van der Waals surface area contributed by atoms with Crippen LogP contribution in [0, 0.1) is 0 Å². The molecule has 0 bridgehead atoms. The first-order chi connectivity index (χ1) is 14.9. The van der Waals surface area contributed by atoms with Gasteiger partial charge in [-0.1, -0.05) is 13.3 Å². The summed E-state index contributed by atoms with van der Waals surface area (Å²) < 4.78 is 13.5. The van der Waals surface area contributed by atoms with Crippen molar-refractivity contribution >= 4 is 35.3 Å². The molecule has 0 aromatic carbocycles. The molecule has 33 heavy (non-hydrogen) atoms. The van der Waals surface area contributed by atoms with Crippen molar-refractivity contribution in [3.05, 3.63) is 0 Å². The molecule has 0 saturated heterocycles. The molecule has 0 amide bonds. The van der Waals surface area contributed by atoms with E-state index in [0.29, 0.717) is 26.4 Å². The Morgan fingerprint density at radius 1 is 0.576 bits per heavy atom. The second kappa shape index (κ2) is 32.4. The number of aliphatic hydroxyl groups excluding tert-OH is 1. The molecule has 0 atom stereocenters. The van der Waals surface area contributed by atoms with Crippen LogP contribution in [-0.4, -0.2) is 66.8 Å². The van der Waals surface area contributed by atoms with Gasteiger partial charge in [-0.3, -0.25) is 28.8 Å². The molecule has 10 nitrogen and oxygen atoms in total. The summed E-state index contributed by atoms with van der Waals surface area (Å²) in [5.41, 5.74) is 0. The Morgan fingerprint density at radius 2 is 0.818 bits per heavy atom. The molecule has 0 aliphatic rings. The number of hydrogen-bond acceptors (Lipinski definition) is 10. The quantitative estimate of drug-likeness (QED) is 0.229. The molecule has 0 aromatic heterocycles. The first-order valence-electron chi connectivity index (χ1n) is 10.5. The van der Waals surface area contributed by atoms with Crippen LogP contribution < -0.4 is 0 Å². The van der Waals surface area contributed by atoms with Gasteiger partial charge >= 0.3 is 17.9 Å². The zero-order chi connectivity index (χ0) is 25.9. The molecule has 0 saturated carbocycles. The Hall–Kier alpha value is -1.74. The smallest absolute Gasteiger partial charge is 0.313 e. The van der Waals surface area contributed by atoms with Crippen LogP contribution in [0.2, 0.25) is 0 Å². The zero-order valence-corrected chi connectivity index (χ0v) is 23.4. The van der Waals surface area contributed by atoms with Crippen LogP contribution in [0.1, 0.15) is 80.6 Å². The third kappa shape index (κ3) is 53.5. The number of aliphatic hydroxyl groups is 1. The molecule has 11 heteroatoms. The number of unbranched alkanes of at least 4 members (excludes halogenated alkanes) is 1. The number of carbonyl (C=O) groups excluding carboxylic acids is 6. The van der Waals surface area contributed by atoms with Crippen molar-refractivity contribution in [1.29, 1.82) is 0 Å². The van der Waals surface area contributed by atoms with E-state index in [1.165, 1.54) is 20.8 Å². The van der Waals surface area contributed by atoms with Gasteiger partial charge in [0, 0.05) is 32.8 Å². The van der Waals surface area contributed by atoms with Gasteiger partial charge in [0.2, 0.25) is 0 Å². The van der Waals surface area contributed by atoms with Gasteiger partial charge in [-0.05, 0) is 48.0 Å². The fourth-order valence-electron chi connectivity index (χ4n) is 1.40.